The number of halogens is 1. The number of carbonyl (C=O) groups is 3. The number of hydrogen-bond acceptors (Lipinski definition) is 5. The van der Waals surface area contributed by atoms with Crippen LogP contribution >= 0.6 is 11.6 Å². The first-order chi connectivity index (χ1) is 13.2. The molecule has 0 unspecified atom stereocenters. The predicted molar refractivity (Wildman–Crippen MR) is 107 cm³/mol. The van der Waals surface area contributed by atoms with E-state index in [1.54, 1.807) is 48.5 Å². The monoisotopic (exact) mass is 403 g/mol. The number of hydrogen-bond donors (Lipinski definition) is 1. The van der Waals surface area contributed by atoms with Gasteiger partial charge in [0.2, 0.25) is 5.91 Å². The Labute approximate surface area is 168 Å². The molecule has 0 atom stereocenters. The molecule has 0 aliphatic rings. The van der Waals surface area contributed by atoms with Crippen molar-refractivity contribution in [1.82, 2.24) is 0 Å². The molecule has 0 aliphatic heterocycles. The highest BCUT2D eigenvalue weighted by Crippen LogP contribution is 2.23. The Kier molecular flexibility index (Phi) is 7.18. The summed E-state index contributed by atoms with van der Waals surface area (Å²) in [5, 5.41) is 3.15. The minimum Gasteiger partial charge on any atom is -0.480 e. The molecule has 7 heteroatoms. The Morgan fingerprint density at radius 2 is 1.61 bits per heavy atom. The first-order valence-corrected chi connectivity index (χ1v) is 9.02. The Morgan fingerprint density at radius 1 is 0.964 bits per heavy atom. The fourth-order valence-corrected chi connectivity index (χ4v) is 2.22. The minimum absolute atomic E-state index is 0.126. The smallest absolute Gasteiger partial charge is 0.344 e. The lowest BCUT2D eigenvalue weighted by atomic mass is 9.95. The molecule has 2 rings (SSSR count). The number of esters is 1. The molecule has 148 valence electrons. The van der Waals surface area contributed by atoms with Gasteiger partial charge in [-0.2, -0.15) is 0 Å². The van der Waals surface area contributed by atoms with E-state index in [9.17, 15) is 14.4 Å². The van der Waals surface area contributed by atoms with Crippen LogP contribution in [0.2, 0.25) is 5.02 Å². The number of benzene rings is 2. The lowest BCUT2D eigenvalue weighted by Crippen LogP contribution is -2.27. The summed E-state index contributed by atoms with van der Waals surface area (Å²) in [4.78, 5) is 35.8. The van der Waals surface area contributed by atoms with Gasteiger partial charge in [0.05, 0.1) is 5.02 Å². The molecular weight excluding hydrogens is 382 g/mol. The second kappa shape index (κ2) is 9.37. The number of ether oxygens (including phenoxy) is 2. The number of para-hydroxylation sites is 1. The minimum atomic E-state index is -0.678. The largest absolute Gasteiger partial charge is 0.480 e. The molecule has 6 nitrogen and oxygen atoms in total. The van der Waals surface area contributed by atoms with Crippen molar-refractivity contribution in [2.45, 2.75) is 20.8 Å². The van der Waals surface area contributed by atoms with Crippen LogP contribution in [0.3, 0.4) is 0 Å². The summed E-state index contributed by atoms with van der Waals surface area (Å²) >= 11 is 5.93. The second-order valence-corrected chi connectivity index (χ2v) is 7.49. The third-order valence-corrected chi connectivity index (χ3v) is 4.00. The van der Waals surface area contributed by atoms with E-state index in [4.69, 9.17) is 21.1 Å². The van der Waals surface area contributed by atoms with Gasteiger partial charge in [-0.3, -0.25) is 9.59 Å². The van der Waals surface area contributed by atoms with E-state index in [0.29, 0.717) is 22.0 Å². The number of anilines is 1. The van der Waals surface area contributed by atoms with Crippen LogP contribution in [0.5, 0.6) is 5.75 Å². The van der Waals surface area contributed by atoms with E-state index >= 15 is 0 Å². The summed E-state index contributed by atoms with van der Waals surface area (Å²) in [6.07, 6.45) is 0. The Bertz CT molecular complexity index is 856. The normalized spacial score (nSPS) is 10.9. The number of Topliss-reactive ketones (excluding diaryl/α,β-unsaturated/α-hetero) is 1. The summed E-state index contributed by atoms with van der Waals surface area (Å²) in [7, 11) is 0. The average molecular weight is 404 g/mol. The van der Waals surface area contributed by atoms with E-state index < -0.39 is 18.0 Å². The van der Waals surface area contributed by atoms with Gasteiger partial charge in [-0.25, -0.2) is 4.79 Å². The van der Waals surface area contributed by atoms with Crippen molar-refractivity contribution in [3.63, 3.8) is 0 Å². The van der Waals surface area contributed by atoms with Crippen molar-refractivity contribution in [3.05, 3.63) is 59.1 Å². The lowest BCUT2D eigenvalue weighted by Gasteiger charge is -2.17. The molecule has 2 aromatic carbocycles. The van der Waals surface area contributed by atoms with Gasteiger partial charge in [0.25, 0.3) is 0 Å². The summed E-state index contributed by atoms with van der Waals surface area (Å²) in [6.45, 7) is 4.67. The van der Waals surface area contributed by atoms with E-state index in [1.807, 2.05) is 20.8 Å². The molecule has 28 heavy (non-hydrogen) atoms. The van der Waals surface area contributed by atoms with Gasteiger partial charge in [0.15, 0.2) is 19.0 Å². The van der Waals surface area contributed by atoms with Crippen molar-refractivity contribution in [3.8, 4) is 5.75 Å². The van der Waals surface area contributed by atoms with Gasteiger partial charge in [-0.1, -0.05) is 44.5 Å². The molecule has 0 fully saturated rings. The SMILES string of the molecule is CC(C)(C)C(=O)Nc1ccc(C(=O)COC(=O)COc2ccccc2Cl)cc1. The number of carbonyl (C=O) groups excluding carboxylic acids is 3. The molecular formula is C21H22ClNO5. The number of amides is 1. The van der Waals surface area contributed by atoms with Crippen LogP contribution in [0.4, 0.5) is 5.69 Å². The summed E-state index contributed by atoms with van der Waals surface area (Å²) < 4.78 is 10.2. The third kappa shape index (κ3) is 6.39. The van der Waals surface area contributed by atoms with Crippen molar-refractivity contribution in [2.24, 2.45) is 5.41 Å². The first-order valence-electron chi connectivity index (χ1n) is 8.64. The molecule has 0 saturated carbocycles. The van der Waals surface area contributed by atoms with E-state index in [-0.39, 0.29) is 18.3 Å². The molecule has 0 heterocycles. The summed E-state index contributed by atoms with van der Waals surface area (Å²) in [6, 6.07) is 13.1. The topological polar surface area (TPSA) is 81.7 Å². The molecule has 0 aliphatic carbocycles. The van der Waals surface area contributed by atoms with E-state index in [0.717, 1.165) is 0 Å². The molecule has 0 radical (unpaired) electrons. The lowest BCUT2D eigenvalue weighted by molar-refractivity contribution is -0.144. The Hall–Kier alpha value is -2.86. The fourth-order valence-electron chi connectivity index (χ4n) is 2.03. The zero-order valence-electron chi connectivity index (χ0n) is 16.0. The van der Waals surface area contributed by atoms with Crippen LogP contribution < -0.4 is 10.1 Å². The summed E-state index contributed by atoms with van der Waals surface area (Å²) in [5.74, 6) is -0.804. The quantitative estimate of drug-likeness (QED) is 0.555. The number of rotatable bonds is 7. The third-order valence-electron chi connectivity index (χ3n) is 3.69. The van der Waals surface area contributed by atoms with E-state index in [2.05, 4.69) is 5.32 Å². The maximum atomic E-state index is 12.1. The van der Waals surface area contributed by atoms with Gasteiger partial charge >= 0.3 is 5.97 Å². The van der Waals surface area contributed by atoms with Crippen LogP contribution in [0, 0.1) is 5.41 Å². The zero-order valence-corrected chi connectivity index (χ0v) is 16.7. The Morgan fingerprint density at radius 3 is 2.21 bits per heavy atom. The molecule has 0 aromatic heterocycles. The van der Waals surface area contributed by atoms with Crippen LogP contribution in [-0.2, 0) is 14.3 Å². The highest BCUT2D eigenvalue weighted by molar-refractivity contribution is 6.32. The molecule has 2 aromatic rings. The van der Waals surface area contributed by atoms with Gasteiger partial charge in [0.1, 0.15) is 5.75 Å². The highest BCUT2D eigenvalue weighted by Gasteiger charge is 2.21. The van der Waals surface area contributed by atoms with Crippen LogP contribution in [0.15, 0.2) is 48.5 Å². The molecule has 1 N–H and O–H groups in total. The molecule has 1 amide bonds. The van der Waals surface area contributed by atoms with Gasteiger partial charge in [0, 0.05) is 16.7 Å². The van der Waals surface area contributed by atoms with Crippen molar-refractivity contribution in [2.75, 3.05) is 18.5 Å². The van der Waals surface area contributed by atoms with Crippen LogP contribution in [0.1, 0.15) is 31.1 Å². The van der Waals surface area contributed by atoms with E-state index in [1.165, 1.54) is 0 Å². The van der Waals surface area contributed by atoms with Crippen molar-refractivity contribution in [1.29, 1.82) is 0 Å². The average Bonchev–Trinajstić information content (AvgIpc) is 2.65. The van der Waals surface area contributed by atoms with Gasteiger partial charge in [-0.05, 0) is 36.4 Å². The zero-order chi connectivity index (χ0) is 20.7. The van der Waals surface area contributed by atoms with Crippen LogP contribution in [-0.4, -0.2) is 30.9 Å². The molecule has 0 spiro atoms. The van der Waals surface area contributed by atoms with Crippen molar-refractivity contribution < 1.29 is 23.9 Å². The highest BCUT2D eigenvalue weighted by atomic mass is 35.5. The molecule has 0 saturated heterocycles. The second-order valence-electron chi connectivity index (χ2n) is 7.08. The summed E-state index contributed by atoms with van der Waals surface area (Å²) in [5.41, 5.74) is 0.435. The standard InChI is InChI=1S/C21H22ClNO5/c1-21(2,3)20(26)23-15-10-8-14(9-11-15)17(24)12-28-19(25)13-27-18-7-5-4-6-16(18)22/h4-11H,12-13H2,1-3H3,(H,23,26). The molecule has 0 bridgehead atoms. The van der Waals surface area contributed by atoms with Gasteiger partial charge in [-0.15, -0.1) is 0 Å². The fraction of sp³-hybridized carbons (Fsp3) is 0.286. The maximum absolute atomic E-state index is 12.1. The predicted octanol–water partition coefficient (Wildman–Crippen LogP) is 4.13. The van der Waals surface area contributed by atoms with Gasteiger partial charge < -0.3 is 14.8 Å². The Balaban J connectivity index is 1.81. The van der Waals surface area contributed by atoms with Crippen LogP contribution in [0.25, 0.3) is 0 Å². The first kappa shape index (κ1) is 21.4. The number of ketones is 1. The maximum Gasteiger partial charge on any atom is 0.344 e. The van der Waals surface area contributed by atoms with Crippen molar-refractivity contribution >= 4 is 34.9 Å². The number of nitrogens with one attached hydrogen (secondary N) is 1.